The van der Waals surface area contributed by atoms with Crippen LogP contribution in [0.3, 0.4) is 0 Å². The normalized spacial score (nSPS) is 18.9. The Labute approximate surface area is 126 Å². The van der Waals surface area contributed by atoms with Crippen LogP contribution in [0.1, 0.15) is 38.2 Å². The topological polar surface area (TPSA) is 70.2 Å². The molecule has 0 aromatic carbocycles. The second-order valence-electron chi connectivity index (χ2n) is 5.69. The quantitative estimate of drug-likeness (QED) is 0.859. The molecule has 1 aromatic rings. The number of aromatic nitrogens is 2. The van der Waals surface area contributed by atoms with Crippen LogP contribution in [0, 0.1) is 6.92 Å². The van der Waals surface area contributed by atoms with Crippen LogP contribution in [0.4, 0.5) is 5.82 Å². The maximum absolute atomic E-state index is 12.2. The van der Waals surface area contributed by atoms with Crippen LogP contribution in [0.5, 0.6) is 0 Å². The summed E-state index contributed by atoms with van der Waals surface area (Å²) in [6.45, 7) is 11.0. The molecule has 116 valence electrons. The molecular weight excluding hydrogens is 266 g/mol. The van der Waals surface area contributed by atoms with Crippen molar-refractivity contribution < 1.29 is 4.79 Å². The summed E-state index contributed by atoms with van der Waals surface area (Å²) in [5, 5.41) is 6.18. The van der Waals surface area contributed by atoms with E-state index >= 15 is 0 Å². The second kappa shape index (κ2) is 6.85. The highest BCUT2D eigenvalue weighted by Crippen LogP contribution is 2.20. The minimum Gasteiger partial charge on any atom is -0.355 e. The lowest BCUT2D eigenvalue weighted by atomic mass is 10.1. The maximum atomic E-state index is 12.2. The Bertz CT molecular complexity index is 503. The molecule has 1 atom stereocenters. The van der Waals surface area contributed by atoms with Gasteiger partial charge < -0.3 is 15.5 Å². The number of aryl methyl sites for hydroxylation is 1. The van der Waals surface area contributed by atoms with Crippen molar-refractivity contribution in [1.29, 1.82) is 0 Å². The molecule has 0 saturated carbocycles. The zero-order chi connectivity index (χ0) is 15.4. The number of hydrogen-bond acceptors (Lipinski definition) is 5. The summed E-state index contributed by atoms with van der Waals surface area (Å²) in [4.78, 5) is 23.5. The third kappa shape index (κ3) is 3.69. The van der Waals surface area contributed by atoms with Crippen LogP contribution in [-0.2, 0) is 4.79 Å². The zero-order valence-corrected chi connectivity index (χ0v) is 13.3. The van der Waals surface area contributed by atoms with Crippen molar-refractivity contribution in [1.82, 2.24) is 20.6 Å². The summed E-state index contributed by atoms with van der Waals surface area (Å²) >= 11 is 0. The Kier molecular flexibility index (Phi) is 5.12. The monoisotopic (exact) mass is 291 g/mol. The number of piperazine rings is 1. The molecule has 1 amide bonds. The molecular formula is C15H25N5O. The highest BCUT2D eigenvalue weighted by atomic mass is 16.2. The molecule has 0 aliphatic carbocycles. The number of amides is 1. The first kappa shape index (κ1) is 15.7. The molecule has 2 rings (SSSR count). The Morgan fingerprint density at radius 3 is 2.95 bits per heavy atom. The van der Waals surface area contributed by atoms with Crippen molar-refractivity contribution in [3.63, 3.8) is 0 Å². The molecule has 2 N–H and O–H groups in total. The van der Waals surface area contributed by atoms with E-state index in [0.717, 1.165) is 30.4 Å². The summed E-state index contributed by atoms with van der Waals surface area (Å²) in [6.07, 6.45) is 0. The number of nitrogens with one attached hydrogen (secondary N) is 2. The van der Waals surface area contributed by atoms with Crippen molar-refractivity contribution >= 4 is 11.7 Å². The van der Waals surface area contributed by atoms with Crippen molar-refractivity contribution in [3.8, 4) is 0 Å². The molecule has 0 bridgehead atoms. The number of rotatable bonds is 4. The van der Waals surface area contributed by atoms with Crippen molar-refractivity contribution in [2.24, 2.45) is 0 Å². The van der Waals surface area contributed by atoms with Gasteiger partial charge in [0.05, 0.1) is 0 Å². The number of likely N-dealkylation sites (N-methyl/N-ethyl adjacent to an activating group) is 1. The van der Waals surface area contributed by atoms with Gasteiger partial charge in [-0.15, -0.1) is 0 Å². The van der Waals surface area contributed by atoms with Gasteiger partial charge >= 0.3 is 0 Å². The molecule has 6 heteroatoms. The predicted molar refractivity (Wildman–Crippen MR) is 83.5 cm³/mol. The second-order valence-corrected chi connectivity index (χ2v) is 5.69. The molecule has 1 aromatic heterocycles. The molecule has 1 unspecified atom stereocenters. The minimum atomic E-state index is -0.215. The first-order valence-corrected chi connectivity index (χ1v) is 7.63. The summed E-state index contributed by atoms with van der Waals surface area (Å²) in [5.41, 5.74) is 0.942. The van der Waals surface area contributed by atoms with Gasteiger partial charge in [0.25, 0.3) is 0 Å². The van der Waals surface area contributed by atoms with Gasteiger partial charge in [0.1, 0.15) is 17.7 Å². The largest absolute Gasteiger partial charge is 0.355 e. The van der Waals surface area contributed by atoms with E-state index in [2.05, 4.69) is 39.3 Å². The molecule has 1 aliphatic heterocycles. The van der Waals surface area contributed by atoms with E-state index in [1.165, 1.54) is 0 Å². The number of nitrogens with zero attached hydrogens (tertiary/aromatic N) is 3. The molecule has 0 spiro atoms. The van der Waals surface area contributed by atoms with Gasteiger partial charge in [-0.1, -0.05) is 13.8 Å². The van der Waals surface area contributed by atoms with E-state index in [0.29, 0.717) is 13.1 Å². The summed E-state index contributed by atoms with van der Waals surface area (Å²) in [7, 11) is 0. The Morgan fingerprint density at radius 1 is 1.52 bits per heavy atom. The lowest BCUT2D eigenvalue weighted by molar-refractivity contribution is -0.122. The van der Waals surface area contributed by atoms with E-state index < -0.39 is 0 Å². The molecule has 0 radical (unpaired) electrons. The Hall–Kier alpha value is -1.69. The van der Waals surface area contributed by atoms with E-state index in [4.69, 9.17) is 0 Å². The highest BCUT2D eigenvalue weighted by molar-refractivity contribution is 5.85. The van der Waals surface area contributed by atoms with Gasteiger partial charge in [-0.3, -0.25) is 4.79 Å². The molecule has 21 heavy (non-hydrogen) atoms. The van der Waals surface area contributed by atoms with Crippen LogP contribution in [0.2, 0.25) is 0 Å². The Morgan fingerprint density at radius 2 is 2.29 bits per heavy atom. The highest BCUT2D eigenvalue weighted by Gasteiger charge is 2.29. The summed E-state index contributed by atoms with van der Waals surface area (Å²) in [6, 6.07) is 1.75. The molecule has 2 heterocycles. The van der Waals surface area contributed by atoms with E-state index in [-0.39, 0.29) is 17.9 Å². The van der Waals surface area contributed by atoms with Crippen molar-refractivity contribution in [2.45, 2.75) is 39.7 Å². The number of hydrogen-bond donors (Lipinski definition) is 2. The van der Waals surface area contributed by atoms with Crippen LogP contribution < -0.4 is 15.5 Å². The smallest absolute Gasteiger partial charge is 0.244 e. The first-order valence-electron chi connectivity index (χ1n) is 7.63. The lowest BCUT2D eigenvalue weighted by Gasteiger charge is -2.36. The number of anilines is 1. The van der Waals surface area contributed by atoms with E-state index in [1.807, 2.05) is 19.9 Å². The fraction of sp³-hybridized carbons (Fsp3) is 0.667. The van der Waals surface area contributed by atoms with Gasteiger partial charge in [-0.25, -0.2) is 9.97 Å². The van der Waals surface area contributed by atoms with Gasteiger partial charge in [-0.05, 0) is 13.8 Å². The first-order chi connectivity index (χ1) is 10.0. The number of carbonyl (C=O) groups excluding carboxylic acids is 1. The van der Waals surface area contributed by atoms with Crippen LogP contribution in [0.15, 0.2) is 6.07 Å². The zero-order valence-electron chi connectivity index (χ0n) is 13.3. The van der Waals surface area contributed by atoms with Gasteiger partial charge in [0, 0.05) is 43.9 Å². The summed E-state index contributed by atoms with van der Waals surface area (Å²) in [5.74, 6) is 2.00. The average molecular weight is 291 g/mol. The van der Waals surface area contributed by atoms with Gasteiger partial charge in [0.2, 0.25) is 5.91 Å². The van der Waals surface area contributed by atoms with Crippen molar-refractivity contribution in [2.75, 3.05) is 31.1 Å². The summed E-state index contributed by atoms with van der Waals surface area (Å²) < 4.78 is 0. The lowest BCUT2D eigenvalue weighted by Crippen LogP contribution is -2.58. The molecule has 1 aliphatic rings. The van der Waals surface area contributed by atoms with Gasteiger partial charge in [0.15, 0.2) is 0 Å². The van der Waals surface area contributed by atoms with E-state index in [1.54, 1.807) is 0 Å². The van der Waals surface area contributed by atoms with E-state index in [9.17, 15) is 4.79 Å². The van der Waals surface area contributed by atoms with Crippen LogP contribution >= 0.6 is 0 Å². The Balaban J connectivity index is 2.30. The fourth-order valence-corrected chi connectivity index (χ4v) is 2.48. The maximum Gasteiger partial charge on any atom is 0.244 e. The number of carbonyl (C=O) groups is 1. The van der Waals surface area contributed by atoms with Crippen molar-refractivity contribution in [3.05, 3.63) is 17.6 Å². The average Bonchev–Trinajstić information content (AvgIpc) is 2.46. The standard InChI is InChI=1S/C15H25N5O/c1-5-17-15(21)12-9-16-6-7-20(12)13-8-11(4)18-14(19-13)10(2)3/h8,10,12,16H,5-7,9H2,1-4H3,(H,17,21). The third-order valence-corrected chi connectivity index (χ3v) is 3.57. The minimum absolute atomic E-state index is 0.0482. The predicted octanol–water partition coefficient (Wildman–Crippen LogP) is 0.823. The fourth-order valence-electron chi connectivity index (χ4n) is 2.48. The molecule has 6 nitrogen and oxygen atoms in total. The molecule has 1 saturated heterocycles. The SMILES string of the molecule is CCNC(=O)C1CNCCN1c1cc(C)nc(C(C)C)n1. The third-order valence-electron chi connectivity index (χ3n) is 3.57. The van der Waals surface area contributed by atoms with Crippen LogP contribution in [0.25, 0.3) is 0 Å². The van der Waals surface area contributed by atoms with Crippen LogP contribution in [-0.4, -0.2) is 48.1 Å². The van der Waals surface area contributed by atoms with Gasteiger partial charge in [-0.2, -0.15) is 0 Å². The molecule has 1 fully saturated rings.